The molecule has 0 fully saturated rings. The van der Waals surface area contributed by atoms with E-state index < -0.39 is 21.5 Å². The van der Waals surface area contributed by atoms with E-state index in [1.165, 1.54) is 0 Å². The van der Waals surface area contributed by atoms with Crippen molar-refractivity contribution in [2.75, 3.05) is 0 Å². The minimum atomic E-state index is -5.16. The van der Waals surface area contributed by atoms with E-state index in [9.17, 15) is 22.9 Å². The molecule has 0 radical (unpaired) electrons. The zero-order valence-corrected chi connectivity index (χ0v) is 4.79. The number of aliphatic hydroxyl groups excluding tert-OH is 1. The molecule has 7 heteroatoms. The average molecular weight is 154 g/mol. The first kappa shape index (κ1) is 8.34. The minimum absolute atomic E-state index is 2.31. The Morgan fingerprint density at radius 3 is 1.89 bits per heavy atom. The fourth-order valence-corrected chi connectivity index (χ4v) is 0.354. The quantitative estimate of drug-likeness (QED) is 0.414. The summed E-state index contributed by atoms with van der Waals surface area (Å²) in [5.74, 6) is -2.31. The summed E-state index contributed by atoms with van der Waals surface area (Å²) in [5, 5.41) is 17.3. The molecule has 0 saturated heterocycles. The Bertz CT molecular complexity index is 201. The molecule has 9 heavy (non-hydrogen) atoms. The molecule has 1 unspecified atom stereocenters. The molecule has 0 rings (SSSR count). The second kappa shape index (κ2) is 2.29. The number of rotatable bonds is 2. The lowest BCUT2D eigenvalue weighted by Crippen LogP contribution is -2.40. The average Bonchev–Trinajstić information content (AvgIpc) is 1.62. The molecule has 0 aliphatic rings. The lowest BCUT2D eigenvalue weighted by atomic mass is 10.7. The molecule has 0 bridgehead atoms. The van der Waals surface area contributed by atoms with Crippen LogP contribution in [0.5, 0.6) is 0 Å². The Labute approximate surface area is 50.5 Å². The number of hydrogen-bond donors (Lipinski definition) is 1. The smallest absolute Gasteiger partial charge is 0.183 e. The predicted octanol–water partition coefficient (Wildman–Crippen LogP) is -3.40. The maximum atomic E-state index is 9.55. The van der Waals surface area contributed by atoms with Crippen LogP contribution < -0.4 is 5.11 Å². The molecular formula is C2H2O6S-2. The van der Waals surface area contributed by atoms with Crippen molar-refractivity contribution in [2.45, 2.75) is 5.44 Å². The van der Waals surface area contributed by atoms with Crippen molar-refractivity contribution in [1.29, 1.82) is 0 Å². The third-order valence-corrected chi connectivity index (χ3v) is 1.21. The molecule has 1 N–H and O–H groups in total. The molecule has 0 aromatic rings. The van der Waals surface area contributed by atoms with Gasteiger partial charge in [0.2, 0.25) is 0 Å². The lowest BCUT2D eigenvalue weighted by molar-refractivity contribution is -0.310. The van der Waals surface area contributed by atoms with Gasteiger partial charge in [-0.1, -0.05) is 0 Å². The number of carbonyl (C=O) groups is 1. The summed E-state index contributed by atoms with van der Waals surface area (Å²) in [7, 11) is -5.16. The molecular weight excluding hydrogens is 152 g/mol. The normalized spacial score (nSPS) is 14.9. The van der Waals surface area contributed by atoms with E-state index in [0.29, 0.717) is 0 Å². The first-order valence-electron chi connectivity index (χ1n) is 1.69. The van der Waals surface area contributed by atoms with Gasteiger partial charge in [0.05, 0.1) is 5.97 Å². The van der Waals surface area contributed by atoms with Crippen molar-refractivity contribution in [3.05, 3.63) is 0 Å². The highest BCUT2D eigenvalue weighted by Crippen LogP contribution is 1.89. The van der Waals surface area contributed by atoms with Crippen molar-refractivity contribution >= 4 is 16.1 Å². The fraction of sp³-hybridized carbons (Fsp3) is 0.500. The van der Waals surface area contributed by atoms with Crippen LogP contribution in [0.2, 0.25) is 0 Å². The highest BCUT2D eigenvalue weighted by molar-refractivity contribution is 7.86. The van der Waals surface area contributed by atoms with Gasteiger partial charge in [0.25, 0.3) is 0 Å². The van der Waals surface area contributed by atoms with Crippen molar-refractivity contribution in [3.8, 4) is 0 Å². The van der Waals surface area contributed by atoms with Gasteiger partial charge in [0, 0.05) is 0 Å². The fourth-order valence-electron chi connectivity index (χ4n) is 0.118. The summed E-state index contributed by atoms with van der Waals surface area (Å²) in [6.45, 7) is 0. The van der Waals surface area contributed by atoms with Crippen LogP contribution in [0, 0.1) is 0 Å². The molecule has 0 aliphatic heterocycles. The van der Waals surface area contributed by atoms with E-state index in [4.69, 9.17) is 5.11 Å². The van der Waals surface area contributed by atoms with Gasteiger partial charge >= 0.3 is 0 Å². The highest BCUT2D eigenvalue weighted by Gasteiger charge is 2.11. The van der Waals surface area contributed by atoms with E-state index >= 15 is 0 Å². The Morgan fingerprint density at radius 2 is 1.89 bits per heavy atom. The predicted molar refractivity (Wildman–Crippen MR) is 20.7 cm³/mol. The van der Waals surface area contributed by atoms with E-state index in [0.717, 1.165) is 0 Å². The van der Waals surface area contributed by atoms with Gasteiger partial charge < -0.3 is 19.6 Å². The molecule has 0 aromatic carbocycles. The summed E-state index contributed by atoms with van der Waals surface area (Å²) in [6, 6.07) is 0. The van der Waals surface area contributed by atoms with Gasteiger partial charge in [-0.15, -0.1) is 0 Å². The van der Waals surface area contributed by atoms with Crippen LogP contribution in [0.25, 0.3) is 0 Å². The van der Waals surface area contributed by atoms with Crippen molar-refractivity contribution in [2.24, 2.45) is 0 Å². The molecule has 0 aliphatic carbocycles. The Kier molecular flexibility index (Phi) is 2.13. The van der Waals surface area contributed by atoms with Crippen LogP contribution in [0.15, 0.2) is 0 Å². The van der Waals surface area contributed by atoms with Gasteiger partial charge in [-0.3, -0.25) is 0 Å². The number of carboxylic acids is 1. The summed E-state index contributed by atoms with van der Waals surface area (Å²) in [6.07, 6.45) is 0. The van der Waals surface area contributed by atoms with Gasteiger partial charge in [-0.25, -0.2) is 8.42 Å². The number of hydrogen-bond acceptors (Lipinski definition) is 6. The largest absolute Gasteiger partial charge is 0.746 e. The van der Waals surface area contributed by atoms with Crippen LogP contribution in [0.4, 0.5) is 0 Å². The Morgan fingerprint density at radius 1 is 1.56 bits per heavy atom. The van der Waals surface area contributed by atoms with Gasteiger partial charge in [0.15, 0.2) is 5.44 Å². The molecule has 1 atom stereocenters. The Balaban J connectivity index is 4.43. The Hall–Kier alpha value is -0.660. The van der Waals surface area contributed by atoms with E-state index in [2.05, 4.69) is 0 Å². The number of carboxylic acid groups (broad SMARTS) is 1. The monoisotopic (exact) mass is 154 g/mol. The van der Waals surface area contributed by atoms with Gasteiger partial charge in [0.1, 0.15) is 10.1 Å². The molecule has 0 aromatic heterocycles. The van der Waals surface area contributed by atoms with E-state index in [1.54, 1.807) is 0 Å². The third kappa shape index (κ3) is 2.40. The maximum absolute atomic E-state index is 9.55. The SMILES string of the molecule is O=C([O-])C(O)S(=O)(=O)[O-]. The van der Waals surface area contributed by atoms with Crippen LogP contribution in [-0.4, -0.2) is 29.5 Å². The first-order valence-corrected chi connectivity index (χ1v) is 3.16. The van der Waals surface area contributed by atoms with Crippen LogP contribution in [0.1, 0.15) is 0 Å². The number of aliphatic carboxylic acids is 1. The second-order valence-electron chi connectivity index (χ2n) is 1.16. The van der Waals surface area contributed by atoms with Gasteiger partial charge in [-0.2, -0.15) is 0 Å². The second-order valence-corrected chi connectivity index (χ2v) is 2.60. The van der Waals surface area contributed by atoms with Gasteiger partial charge in [-0.05, 0) is 0 Å². The molecule has 0 saturated carbocycles. The van der Waals surface area contributed by atoms with Crippen molar-refractivity contribution in [1.82, 2.24) is 0 Å². The van der Waals surface area contributed by atoms with E-state index in [1.807, 2.05) is 0 Å². The molecule has 0 heterocycles. The summed E-state index contributed by atoms with van der Waals surface area (Å²) < 4.78 is 28.6. The standard InChI is InChI=1S/C2H4O6S/c3-1(4)2(5)9(6,7)8/h2,5H,(H,3,4)(H,6,7,8)/p-2. The number of aliphatic hydroxyl groups is 1. The minimum Gasteiger partial charge on any atom is -0.746 e. The van der Waals surface area contributed by atoms with Crippen LogP contribution in [0.3, 0.4) is 0 Å². The first-order chi connectivity index (χ1) is 3.85. The van der Waals surface area contributed by atoms with Crippen LogP contribution >= 0.6 is 0 Å². The molecule has 0 amide bonds. The highest BCUT2D eigenvalue weighted by atomic mass is 32.2. The van der Waals surface area contributed by atoms with E-state index in [-0.39, 0.29) is 0 Å². The summed E-state index contributed by atoms with van der Waals surface area (Å²) in [4.78, 5) is 9.41. The molecule has 54 valence electrons. The summed E-state index contributed by atoms with van der Waals surface area (Å²) in [5.41, 5.74) is -2.96. The summed E-state index contributed by atoms with van der Waals surface area (Å²) >= 11 is 0. The molecule has 0 spiro atoms. The molecule has 6 nitrogen and oxygen atoms in total. The zero-order chi connectivity index (χ0) is 7.65. The third-order valence-electron chi connectivity index (χ3n) is 0.475. The maximum Gasteiger partial charge on any atom is 0.183 e. The number of carbonyl (C=O) groups excluding carboxylic acids is 1. The van der Waals surface area contributed by atoms with Crippen molar-refractivity contribution < 1.29 is 28.0 Å². The lowest BCUT2D eigenvalue weighted by Gasteiger charge is -2.14. The zero-order valence-electron chi connectivity index (χ0n) is 3.97. The topological polar surface area (TPSA) is 118 Å². The van der Waals surface area contributed by atoms with Crippen LogP contribution in [-0.2, 0) is 14.9 Å². The van der Waals surface area contributed by atoms with Crippen molar-refractivity contribution in [3.63, 3.8) is 0 Å².